The maximum atomic E-state index is 4.80. The lowest BCUT2D eigenvalue weighted by Gasteiger charge is -2.27. The zero-order chi connectivity index (χ0) is 18.1. The molecule has 4 heterocycles. The zero-order valence-corrected chi connectivity index (χ0v) is 14.9. The van der Waals surface area contributed by atoms with Crippen molar-refractivity contribution >= 4 is 11.0 Å². The van der Waals surface area contributed by atoms with Crippen molar-refractivity contribution in [3.8, 4) is 11.4 Å². The van der Waals surface area contributed by atoms with Crippen LogP contribution < -0.4 is 0 Å². The van der Waals surface area contributed by atoms with E-state index in [1.165, 1.54) is 5.56 Å². The van der Waals surface area contributed by atoms with Crippen LogP contribution >= 0.6 is 0 Å². The van der Waals surface area contributed by atoms with Gasteiger partial charge < -0.3 is 0 Å². The Hall–Kier alpha value is -3.18. The molecule has 0 saturated heterocycles. The molecule has 5 rings (SSSR count). The molecule has 4 aromatic rings. The fraction of sp³-hybridized carbons (Fsp3) is 0.182. The van der Waals surface area contributed by atoms with Crippen LogP contribution in [0.2, 0.25) is 0 Å². The molecule has 0 unspecified atom stereocenters. The van der Waals surface area contributed by atoms with Crippen molar-refractivity contribution in [3.63, 3.8) is 0 Å². The van der Waals surface area contributed by atoms with E-state index in [0.29, 0.717) is 0 Å². The number of hydrogen-bond donors (Lipinski definition) is 0. The lowest BCUT2D eigenvalue weighted by molar-refractivity contribution is 0.240. The highest BCUT2D eigenvalue weighted by molar-refractivity contribution is 5.74. The van der Waals surface area contributed by atoms with Gasteiger partial charge in [-0.3, -0.25) is 4.90 Å². The average molecular weight is 353 g/mol. The maximum Gasteiger partial charge on any atom is 0.159 e. The van der Waals surface area contributed by atoms with Gasteiger partial charge in [0, 0.05) is 55.0 Å². The second kappa shape index (κ2) is 6.85. The Bertz CT molecular complexity index is 1090. The summed E-state index contributed by atoms with van der Waals surface area (Å²) in [4.78, 5) is 20.8. The molecule has 0 N–H and O–H groups in total. The highest BCUT2D eigenvalue weighted by atomic mass is 15.1. The van der Waals surface area contributed by atoms with E-state index in [2.05, 4.69) is 39.1 Å². The molecule has 0 fully saturated rings. The molecule has 0 spiro atoms. The quantitative estimate of drug-likeness (QED) is 0.563. The molecule has 0 bridgehead atoms. The van der Waals surface area contributed by atoms with Crippen LogP contribution in [-0.4, -0.2) is 31.4 Å². The molecule has 0 radical (unpaired) electrons. The number of pyridine rings is 2. The summed E-state index contributed by atoms with van der Waals surface area (Å²) in [5.74, 6) is 0.810. The van der Waals surface area contributed by atoms with Gasteiger partial charge >= 0.3 is 0 Å². The Morgan fingerprint density at radius 2 is 1.81 bits per heavy atom. The van der Waals surface area contributed by atoms with E-state index in [1.807, 2.05) is 36.5 Å². The van der Waals surface area contributed by atoms with E-state index >= 15 is 0 Å². The predicted octanol–water partition coefficient (Wildman–Crippen LogP) is 3.65. The molecular weight excluding hydrogens is 334 g/mol. The summed E-state index contributed by atoms with van der Waals surface area (Å²) >= 11 is 0. The van der Waals surface area contributed by atoms with Gasteiger partial charge in [-0.25, -0.2) is 19.9 Å². The van der Waals surface area contributed by atoms with Crippen LogP contribution in [0.25, 0.3) is 22.4 Å². The maximum absolute atomic E-state index is 4.80. The second-order valence-electron chi connectivity index (χ2n) is 6.84. The van der Waals surface area contributed by atoms with Crippen molar-refractivity contribution in [1.29, 1.82) is 0 Å². The molecule has 1 aliphatic heterocycles. The SMILES string of the molecule is c1ccc(-c2ncc3c(n2)CCN(Cc2ccc4cccnc4n2)C3)cc1. The van der Waals surface area contributed by atoms with Crippen LogP contribution in [0.1, 0.15) is 17.0 Å². The highest BCUT2D eigenvalue weighted by Gasteiger charge is 2.19. The summed E-state index contributed by atoms with van der Waals surface area (Å²) in [6.45, 7) is 2.64. The Kier molecular flexibility index (Phi) is 4.07. The largest absolute Gasteiger partial charge is 0.293 e. The van der Waals surface area contributed by atoms with Crippen molar-refractivity contribution in [2.24, 2.45) is 0 Å². The minimum absolute atomic E-state index is 0.809. The van der Waals surface area contributed by atoms with Gasteiger partial charge in [-0.15, -0.1) is 0 Å². The van der Waals surface area contributed by atoms with Crippen LogP contribution in [-0.2, 0) is 19.5 Å². The van der Waals surface area contributed by atoms with Crippen molar-refractivity contribution in [1.82, 2.24) is 24.8 Å². The third-order valence-corrected chi connectivity index (χ3v) is 4.95. The van der Waals surface area contributed by atoms with Gasteiger partial charge in [-0.1, -0.05) is 30.3 Å². The van der Waals surface area contributed by atoms with Crippen molar-refractivity contribution in [2.45, 2.75) is 19.5 Å². The number of nitrogens with zero attached hydrogens (tertiary/aromatic N) is 5. The summed E-state index contributed by atoms with van der Waals surface area (Å²) in [5.41, 5.74) is 5.29. The fourth-order valence-electron chi connectivity index (χ4n) is 3.55. The number of hydrogen-bond acceptors (Lipinski definition) is 5. The van der Waals surface area contributed by atoms with Crippen molar-refractivity contribution < 1.29 is 0 Å². The third kappa shape index (κ3) is 3.29. The second-order valence-corrected chi connectivity index (χ2v) is 6.84. The van der Waals surface area contributed by atoms with Gasteiger partial charge in [0.25, 0.3) is 0 Å². The van der Waals surface area contributed by atoms with Crippen LogP contribution in [0.4, 0.5) is 0 Å². The van der Waals surface area contributed by atoms with Crippen molar-refractivity contribution in [3.05, 3.63) is 83.9 Å². The Labute approximate surface area is 157 Å². The molecule has 0 amide bonds. The van der Waals surface area contributed by atoms with Crippen molar-refractivity contribution in [2.75, 3.05) is 6.54 Å². The normalized spacial score (nSPS) is 14.2. The molecule has 5 heteroatoms. The molecule has 0 saturated carbocycles. The smallest absolute Gasteiger partial charge is 0.159 e. The summed E-state index contributed by atoms with van der Waals surface area (Å²) in [5, 5.41) is 1.08. The average Bonchev–Trinajstić information content (AvgIpc) is 2.74. The standard InChI is InChI=1S/C22H19N5/c1-2-5-16(6-3-1)22-24-13-18-14-27(12-10-20(18)26-22)15-19-9-8-17-7-4-11-23-21(17)25-19/h1-9,11,13H,10,12,14-15H2. The molecular formula is C22H19N5. The minimum atomic E-state index is 0.809. The topological polar surface area (TPSA) is 54.8 Å². The summed E-state index contributed by atoms with van der Waals surface area (Å²) in [7, 11) is 0. The van der Waals surface area contributed by atoms with E-state index in [9.17, 15) is 0 Å². The molecule has 0 atom stereocenters. The van der Waals surface area contributed by atoms with E-state index in [0.717, 1.165) is 59.9 Å². The summed E-state index contributed by atoms with van der Waals surface area (Å²) < 4.78 is 0. The number of fused-ring (bicyclic) bond motifs is 2. The van der Waals surface area contributed by atoms with Gasteiger partial charge in [-0.05, 0) is 24.3 Å². The summed E-state index contributed by atoms with van der Waals surface area (Å²) in [6.07, 6.45) is 4.70. The molecule has 1 aliphatic rings. The number of benzene rings is 1. The van der Waals surface area contributed by atoms with Crippen LogP contribution in [0.5, 0.6) is 0 Å². The first-order valence-corrected chi connectivity index (χ1v) is 9.18. The first-order valence-electron chi connectivity index (χ1n) is 9.18. The van der Waals surface area contributed by atoms with Crippen LogP contribution in [0.15, 0.2) is 67.0 Å². The fourth-order valence-corrected chi connectivity index (χ4v) is 3.55. The third-order valence-electron chi connectivity index (χ3n) is 4.95. The molecule has 3 aromatic heterocycles. The first-order chi connectivity index (χ1) is 13.3. The minimum Gasteiger partial charge on any atom is -0.293 e. The van der Waals surface area contributed by atoms with Gasteiger partial charge in [0.2, 0.25) is 0 Å². The van der Waals surface area contributed by atoms with Crippen LogP contribution in [0.3, 0.4) is 0 Å². The zero-order valence-electron chi connectivity index (χ0n) is 14.9. The Balaban J connectivity index is 1.34. The van der Waals surface area contributed by atoms with E-state index in [1.54, 1.807) is 6.20 Å². The van der Waals surface area contributed by atoms with E-state index < -0.39 is 0 Å². The molecule has 27 heavy (non-hydrogen) atoms. The molecule has 5 nitrogen and oxygen atoms in total. The van der Waals surface area contributed by atoms with Crippen LogP contribution in [0, 0.1) is 0 Å². The van der Waals surface area contributed by atoms with Gasteiger partial charge in [0.05, 0.1) is 11.4 Å². The van der Waals surface area contributed by atoms with Gasteiger partial charge in [-0.2, -0.15) is 0 Å². The summed E-state index contributed by atoms with van der Waals surface area (Å²) in [6, 6.07) is 18.3. The number of aromatic nitrogens is 4. The van der Waals surface area contributed by atoms with Gasteiger partial charge in [0.1, 0.15) is 0 Å². The lowest BCUT2D eigenvalue weighted by atomic mass is 10.1. The molecule has 0 aliphatic carbocycles. The van der Waals surface area contributed by atoms with Gasteiger partial charge in [0.15, 0.2) is 11.5 Å². The monoisotopic (exact) mass is 353 g/mol. The van der Waals surface area contributed by atoms with E-state index in [-0.39, 0.29) is 0 Å². The molecule has 132 valence electrons. The lowest BCUT2D eigenvalue weighted by Crippen LogP contribution is -2.31. The molecule has 1 aromatic carbocycles. The first kappa shape index (κ1) is 16.0. The highest BCUT2D eigenvalue weighted by Crippen LogP contribution is 2.22. The number of rotatable bonds is 3. The predicted molar refractivity (Wildman–Crippen MR) is 105 cm³/mol. The van der Waals surface area contributed by atoms with E-state index in [4.69, 9.17) is 9.97 Å². The Morgan fingerprint density at radius 1 is 0.889 bits per heavy atom. The Morgan fingerprint density at radius 3 is 2.74 bits per heavy atom.